The van der Waals surface area contributed by atoms with Gasteiger partial charge in [-0.3, -0.25) is 0 Å². The lowest BCUT2D eigenvalue weighted by Crippen LogP contribution is -2.32. The van der Waals surface area contributed by atoms with Crippen LogP contribution < -0.4 is 0 Å². The first-order valence-corrected chi connectivity index (χ1v) is 5.57. The molecule has 1 aliphatic carbocycles. The van der Waals surface area contributed by atoms with Crippen molar-refractivity contribution in [1.29, 1.82) is 0 Å². The minimum Gasteiger partial charge on any atom is -0.393 e. The molecule has 1 heteroatoms. The Morgan fingerprint density at radius 1 is 1.31 bits per heavy atom. The lowest BCUT2D eigenvalue weighted by Gasteiger charge is -2.38. The van der Waals surface area contributed by atoms with Gasteiger partial charge in [-0.1, -0.05) is 27.7 Å². The molecule has 13 heavy (non-hydrogen) atoms. The third kappa shape index (κ3) is 3.68. The van der Waals surface area contributed by atoms with Crippen LogP contribution in [-0.2, 0) is 0 Å². The maximum Gasteiger partial charge on any atom is 0.0548 e. The Bertz CT molecular complexity index is 159. The molecule has 1 fully saturated rings. The highest BCUT2D eigenvalue weighted by Crippen LogP contribution is 2.40. The standard InChI is InChI=1S/C12H24O/c1-9(2)5-10-6-11(13)8-12(3,4)7-10/h9-11,13H,5-8H2,1-4H3. The zero-order valence-corrected chi connectivity index (χ0v) is 9.51. The SMILES string of the molecule is CC(C)CC1CC(O)CC(C)(C)C1. The van der Waals surface area contributed by atoms with Gasteiger partial charge in [-0.05, 0) is 42.9 Å². The number of aliphatic hydroxyl groups is 1. The largest absolute Gasteiger partial charge is 0.393 e. The van der Waals surface area contributed by atoms with Gasteiger partial charge in [0, 0.05) is 0 Å². The first-order valence-electron chi connectivity index (χ1n) is 5.57. The summed E-state index contributed by atoms with van der Waals surface area (Å²) in [7, 11) is 0. The molecule has 0 saturated heterocycles. The monoisotopic (exact) mass is 184 g/mol. The molecule has 0 radical (unpaired) electrons. The van der Waals surface area contributed by atoms with Crippen LogP contribution in [0.5, 0.6) is 0 Å². The van der Waals surface area contributed by atoms with Crippen molar-refractivity contribution in [2.24, 2.45) is 17.3 Å². The average Bonchev–Trinajstić information content (AvgIpc) is 1.78. The van der Waals surface area contributed by atoms with Gasteiger partial charge < -0.3 is 5.11 Å². The molecule has 1 rings (SSSR count). The van der Waals surface area contributed by atoms with Crippen molar-refractivity contribution in [3.8, 4) is 0 Å². The molecular weight excluding hydrogens is 160 g/mol. The smallest absolute Gasteiger partial charge is 0.0548 e. The van der Waals surface area contributed by atoms with Gasteiger partial charge in [-0.2, -0.15) is 0 Å². The maximum absolute atomic E-state index is 9.73. The Morgan fingerprint density at radius 3 is 2.38 bits per heavy atom. The van der Waals surface area contributed by atoms with Gasteiger partial charge in [0.1, 0.15) is 0 Å². The molecular formula is C12H24O. The van der Waals surface area contributed by atoms with E-state index < -0.39 is 0 Å². The Labute approximate surface area is 82.5 Å². The van der Waals surface area contributed by atoms with Crippen LogP contribution in [0, 0.1) is 17.3 Å². The highest BCUT2D eigenvalue weighted by Gasteiger charge is 2.32. The molecule has 0 heterocycles. The van der Waals surface area contributed by atoms with E-state index >= 15 is 0 Å². The zero-order chi connectivity index (χ0) is 10.1. The first kappa shape index (κ1) is 11.0. The predicted octanol–water partition coefficient (Wildman–Crippen LogP) is 3.22. The van der Waals surface area contributed by atoms with E-state index in [-0.39, 0.29) is 6.10 Å². The summed E-state index contributed by atoms with van der Waals surface area (Å²) in [5.74, 6) is 1.52. The van der Waals surface area contributed by atoms with Gasteiger partial charge in [-0.15, -0.1) is 0 Å². The molecule has 0 bridgehead atoms. The number of rotatable bonds is 2. The Hall–Kier alpha value is -0.0400. The Morgan fingerprint density at radius 2 is 1.92 bits per heavy atom. The molecule has 0 aromatic heterocycles. The number of hydrogen-bond donors (Lipinski definition) is 1. The van der Waals surface area contributed by atoms with E-state index in [0.29, 0.717) is 5.41 Å². The van der Waals surface area contributed by atoms with Gasteiger partial charge >= 0.3 is 0 Å². The summed E-state index contributed by atoms with van der Waals surface area (Å²) < 4.78 is 0. The molecule has 0 spiro atoms. The van der Waals surface area contributed by atoms with Crippen molar-refractivity contribution >= 4 is 0 Å². The van der Waals surface area contributed by atoms with E-state index in [1.54, 1.807) is 0 Å². The van der Waals surface area contributed by atoms with E-state index in [0.717, 1.165) is 24.7 Å². The van der Waals surface area contributed by atoms with Crippen molar-refractivity contribution < 1.29 is 5.11 Å². The molecule has 2 atom stereocenters. The third-order valence-corrected chi connectivity index (χ3v) is 3.04. The second-order valence-corrected chi connectivity index (χ2v) is 5.96. The van der Waals surface area contributed by atoms with Crippen LogP contribution in [0.15, 0.2) is 0 Å². The van der Waals surface area contributed by atoms with Gasteiger partial charge in [0.05, 0.1) is 6.10 Å². The van der Waals surface area contributed by atoms with E-state index in [1.165, 1.54) is 12.8 Å². The van der Waals surface area contributed by atoms with Crippen LogP contribution in [0.4, 0.5) is 0 Å². The Kier molecular flexibility index (Phi) is 3.39. The minimum atomic E-state index is -0.0486. The van der Waals surface area contributed by atoms with Crippen LogP contribution in [0.3, 0.4) is 0 Å². The van der Waals surface area contributed by atoms with Gasteiger partial charge in [0.2, 0.25) is 0 Å². The molecule has 1 nitrogen and oxygen atoms in total. The molecule has 0 aliphatic heterocycles. The third-order valence-electron chi connectivity index (χ3n) is 3.04. The van der Waals surface area contributed by atoms with Gasteiger partial charge in [-0.25, -0.2) is 0 Å². The predicted molar refractivity (Wildman–Crippen MR) is 56.6 cm³/mol. The lowest BCUT2D eigenvalue weighted by molar-refractivity contribution is 0.0282. The summed E-state index contributed by atoms with van der Waals surface area (Å²) in [5, 5.41) is 9.73. The van der Waals surface area contributed by atoms with Crippen molar-refractivity contribution in [1.82, 2.24) is 0 Å². The quantitative estimate of drug-likeness (QED) is 0.698. The van der Waals surface area contributed by atoms with Gasteiger partial charge in [0.15, 0.2) is 0 Å². The number of hydrogen-bond acceptors (Lipinski definition) is 1. The Balaban J connectivity index is 2.48. The maximum atomic E-state index is 9.73. The molecule has 0 aromatic carbocycles. The number of aliphatic hydroxyl groups excluding tert-OH is 1. The highest BCUT2D eigenvalue weighted by molar-refractivity contribution is 4.84. The van der Waals surface area contributed by atoms with Crippen LogP contribution in [0.2, 0.25) is 0 Å². The first-order chi connectivity index (χ1) is 5.89. The van der Waals surface area contributed by atoms with Crippen LogP contribution in [-0.4, -0.2) is 11.2 Å². The fourth-order valence-corrected chi connectivity index (χ4v) is 2.90. The van der Waals surface area contributed by atoms with Crippen LogP contribution in [0.1, 0.15) is 53.4 Å². The fourth-order valence-electron chi connectivity index (χ4n) is 2.90. The van der Waals surface area contributed by atoms with Crippen LogP contribution >= 0.6 is 0 Å². The van der Waals surface area contributed by atoms with Crippen molar-refractivity contribution in [2.75, 3.05) is 0 Å². The summed E-state index contributed by atoms with van der Waals surface area (Å²) in [6.45, 7) is 9.10. The molecule has 1 aliphatic rings. The molecule has 2 unspecified atom stereocenters. The average molecular weight is 184 g/mol. The molecule has 1 saturated carbocycles. The zero-order valence-electron chi connectivity index (χ0n) is 9.51. The normalized spacial score (nSPS) is 33.7. The summed E-state index contributed by atoms with van der Waals surface area (Å²) in [4.78, 5) is 0. The van der Waals surface area contributed by atoms with Crippen molar-refractivity contribution in [2.45, 2.75) is 59.5 Å². The van der Waals surface area contributed by atoms with Crippen molar-refractivity contribution in [3.05, 3.63) is 0 Å². The van der Waals surface area contributed by atoms with Crippen molar-refractivity contribution in [3.63, 3.8) is 0 Å². The summed E-state index contributed by atoms with van der Waals surface area (Å²) >= 11 is 0. The minimum absolute atomic E-state index is 0.0486. The lowest BCUT2D eigenvalue weighted by atomic mass is 9.69. The summed E-state index contributed by atoms with van der Waals surface area (Å²) in [5.41, 5.74) is 0.358. The van der Waals surface area contributed by atoms with Crippen LogP contribution in [0.25, 0.3) is 0 Å². The second kappa shape index (κ2) is 4.00. The topological polar surface area (TPSA) is 20.2 Å². The second-order valence-electron chi connectivity index (χ2n) is 5.96. The van der Waals surface area contributed by atoms with E-state index in [4.69, 9.17) is 0 Å². The van der Waals surface area contributed by atoms with E-state index in [9.17, 15) is 5.11 Å². The fraction of sp³-hybridized carbons (Fsp3) is 1.00. The molecule has 0 aromatic rings. The summed E-state index contributed by atoms with van der Waals surface area (Å²) in [6.07, 6.45) is 4.54. The van der Waals surface area contributed by atoms with Gasteiger partial charge in [0.25, 0.3) is 0 Å². The van der Waals surface area contributed by atoms with E-state index in [1.807, 2.05) is 0 Å². The highest BCUT2D eigenvalue weighted by atomic mass is 16.3. The molecule has 0 amide bonds. The molecule has 1 N–H and O–H groups in total. The van der Waals surface area contributed by atoms with E-state index in [2.05, 4.69) is 27.7 Å². The molecule has 78 valence electrons. The summed E-state index contributed by atoms with van der Waals surface area (Å²) in [6, 6.07) is 0.